The van der Waals surface area contributed by atoms with Crippen LogP contribution >= 0.6 is 0 Å². The Morgan fingerprint density at radius 2 is 1.69 bits per heavy atom. The zero-order valence-electron chi connectivity index (χ0n) is 16.2. The van der Waals surface area contributed by atoms with Gasteiger partial charge >= 0.3 is 5.97 Å². The maximum absolute atomic E-state index is 12.3. The van der Waals surface area contributed by atoms with Gasteiger partial charge in [0.05, 0.1) is 5.56 Å². The van der Waals surface area contributed by atoms with Gasteiger partial charge in [-0.15, -0.1) is 4.40 Å². The number of sulfonamides is 1. The molecule has 29 heavy (non-hydrogen) atoms. The zero-order valence-corrected chi connectivity index (χ0v) is 17.0. The number of ether oxygens (including phenoxy) is 1. The lowest BCUT2D eigenvalue weighted by atomic mass is 10.1. The number of piperazine rings is 1. The third-order valence-corrected chi connectivity index (χ3v) is 6.44. The smallest absolute Gasteiger partial charge is 0.338 e. The van der Waals surface area contributed by atoms with Crippen molar-refractivity contribution in [2.75, 3.05) is 32.7 Å². The molecule has 7 nitrogen and oxygen atoms in total. The number of hydrogen-bond donors (Lipinski definition) is 0. The highest BCUT2D eigenvalue weighted by atomic mass is 32.2. The van der Waals surface area contributed by atoms with Gasteiger partial charge in [0, 0.05) is 38.3 Å². The monoisotopic (exact) mass is 413 g/mol. The molecule has 2 aliphatic heterocycles. The van der Waals surface area contributed by atoms with Gasteiger partial charge in [-0.3, -0.25) is 4.90 Å². The molecule has 8 heteroatoms. The van der Waals surface area contributed by atoms with Crippen LogP contribution in [0.2, 0.25) is 0 Å². The Morgan fingerprint density at radius 1 is 1.03 bits per heavy atom. The largest absolute Gasteiger partial charge is 0.458 e. The van der Waals surface area contributed by atoms with E-state index in [9.17, 15) is 13.2 Å². The Morgan fingerprint density at radius 3 is 2.41 bits per heavy atom. The summed E-state index contributed by atoms with van der Waals surface area (Å²) in [6.07, 6.45) is -0.237. The molecule has 0 N–H and O–H groups in total. The van der Waals surface area contributed by atoms with Crippen molar-refractivity contribution in [2.45, 2.75) is 17.9 Å². The molecule has 0 spiro atoms. The SMILES string of the molecule is CC(CN1CCN(C2=NS(=O)(=O)c3ccccc32)CC1)OC(=O)c1ccccc1. The molecule has 0 aromatic heterocycles. The summed E-state index contributed by atoms with van der Waals surface area (Å²) in [7, 11) is -3.60. The number of amidine groups is 1. The minimum Gasteiger partial charge on any atom is -0.458 e. The lowest BCUT2D eigenvalue weighted by Gasteiger charge is -2.36. The Labute approximate surface area is 170 Å². The first-order valence-electron chi connectivity index (χ1n) is 9.62. The average molecular weight is 413 g/mol. The number of esters is 1. The third kappa shape index (κ3) is 4.18. The zero-order chi connectivity index (χ0) is 20.4. The van der Waals surface area contributed by atoms with E-state index >= 15 is 0 Å². The second kappa shape index (κ2) is 7.96. The van der Waals surface area contributed by atoms with Crippen LogP contribution in [0.25, 0.3) is 0 Å². The minimum absolute atomic E-state index is 0.237. The van der Waals surface area contributed by atoms with E-state index in [0.717, 1.165) is 13.1 Å². The lowest BCUT2D eigenvalue weighted by molar-refractivity contribution is 0.0221. The van der Waals surface area contributed by atoms with Crippen LogP contribution in [-0.4, -0.2) is 68.9 Å². The molecule has 0 saturated carbocycles. The quantitative estimate of drug-likeness (QED) is 0.714. The average Bonchev–Trinajstić information content (AvgIpc) is 3.00. The van der Waals surface area contributed by atoms with E-state index < -0.39 is 10.0 Å². The summed E-state index contributed by atoms with van der Waals surface area (Å²) >= 11 is 0. The summed E-state index contributed by atoms with van der Waals surface area (Å²) in [5.74, 6) is 0.211. The van der Waals surface area contributed by atoms with Gasteiger partial charge in [-0.1, -0.05) is 30.3 Å². The summed E-state index contributed by atoms with van der Waals surface area (Å²) in [5, 5.41) is 0. The maximum Gasteiger partial charge on any atom is 0.338 e. The van der Waals surface area contributed by atoms with E-state index in [4.69, 9.17) is 4.74 Å². The van der Waals surface area contributed by atoms with Gasteiger partial charge in [0.2, 0.25) is 0 Å². The van der Waals surface area contributed by atoms with Crippen LogP contribution in [0, 0.1) is 0 Å². The van der Waals surface area contributed by atoms with Gasteiger partial charge in [0.1, 0.15) is 11.0 Å². The molecule has 1 fully saturated rings. The predicted octanol–water partition coefficient (Wildman–Crippen LogP) is 2.00. The molecule has 4 rings (SSSR count). The van der Waals surface area contributed by atoms with Crippen LogP contribution in [0.1, 0.15) is 22.8 Å². The summed E-state index contributed by atoms with van der Waals surface area (Å²) in [4.78, 5) is 16.7. The first-order chi connectivity index (χ1) is 13.9. The van der Waals surface area contributed by atoms with Crippen LogP contribution in [0.3, 0.4) is 0 Å². The molecule has 2 aromatic carbocycles. The van der Waals surface area contributed by atoms with Crippen LogP contribution in [-0.2, 0) is 14.8 Å². The number of fused-ring (bicyclic) bond motifs is 1. The highest BCUT2D eigenvalue weighted by Gasteiger charge is 2.33. The first-order valence-corrected chi connectivity index (χ1v) is 11.1. The summed E-state index contributed by atoms with van der Waals surface area (Å²) in [6, 6.07) is 15.9. The van der Waals surface area contributed by atoms with Crippen molar-refractivity contribution >= 4 is 21.8 Å². The fourth-order valence-corrected chi connectivity index (χ4v) is 4.91. The van der Waals surface area contributed by atoms with Gasteiger partial charge in [-0.2, -0.15) is 8.42 Å². The molecule has 2 heterocycles. The van der Waals surface area contributed by atoms with Crippen LogP contribution < -0.4 is 0 Å². The number of carbonyl (C=O) groups is 1. The number of benzene rings is 2. The molecule has 1 atom stereocenters. The van der Waals surface area contributed by atoms with Crippen LogP contribution in [0.4, 0.5) is 0 Å². The summed E-state index contributed by atoms with van der Waals surface area (Å²) in [6.45, 7) is 5.35. The minimum atomic E-state index is -3.60. The van der Waals surface area contributed by atoms with Crippen molar-refractivity contribution in [2.24, 2.45) is 4.40 Å². The Hall–Kier alpha value is -2.71. The van der Waals surface area contributed by atoms with E-state index in [1.165, 1.54) is 0 Å². The Balaban J connectivity index is 1.33. The Bertz CT molecular complexity index is 1030. The van der Waals surface area contributed by atoms with Crippen LogP contribution in [0.15, 0.2) is 63.9 Å². The van der Waals surface area contributed by atoms with E-state index in [1.54, 1.807) is 30.3 Å². The predicted molar refractivity (Wildman–Crippen MR) is 109 cm³/mol. The second-order valence-electron chi connectivity index (χ2n) is 7.26. The number of rotatable bonds is 4. The van der Waals surface area contributed by atoms with Gasteiger partial charge < -0.3 is 9.64 Å². The fraction of sp³-hybridized carbons (Fsp3) is 0.333. The number of hydrogen-bond acceptors (Lipinski definition) is 6. The van der Waals surface area contributed by atoms with E-state index in [-0.39, 0.29) is 17.0 Å². The molecule has 1 saturated heterocycles. The topological polar surface area (TPSA) is 79.3 Å². The van der Waals surface area contributed by atoms with E-state index in [1.807, 2.05) is 36.1 Å². The van der Waals surface area contributed by atoms with Gasteiger partial charge in [0.25, 0.3) is 10.0 Å². The van der Waals surface area contributed by atoms with Crippen molar-refractivity contribution in [3.8, 4) is 0 Å². The molecule has 1 unspecified atom stereocenters. The number of carbonyl (C=O) groups excluding carboxylic acids is 1. The first kappa shape index (κ1) is 19.6. The summed E-state index contributed by atoms with van der Waals surface area (Å²) in [5.41, 5.74) is 1.22. The molecule has 0 radical (unpaired) electrons. The Kier molecular flexibility index (Phi) is 5.38. The van der Waals surface area contributed by atoms with E-state index in [2.05, 4.69) is 9.30 Å². The van der Waals surface area contributed by atoms with E-state index in [0.29, 0.717) is 36.6 Å². The third-order valence-electron chi connectivity index (χ3n) is 5.12. The van der Waals surface area contributed by atoms with Gasteiger partial charge in [-0.25, -0.2) is 4.79 Å². The van der Waals surface area contributed by atoms with Crippen molar-refractivity contribution in [1.82, 2.24) is 9.80 Å². The molecular weight excluding hydrogens is 390 g/mol. The number of nitrogens with zero attached hydrogens (tertiary/aromatic N) is 3. The summed E-state index contributed by atoms with van der Waals surface area (Å²) < 4.78 is 34.1. The van der Waals surface area contributed by atoms with Gasteiger partial charge in [-0.05, 0) is 31.2 Å². The lowest BCUT2D eigenvalue weighted by Crippen LogP contribution is -2.50. The second-order valence-corrected chi connectivity index (χ2v) is 8.83. The highest BCUT2D eigenvalue weighted by molar-refractivity contribution is 7.90. The fourth-order valence-electron chi connectivity index (χ4n) is 3.68. The van der Waals surface area contributed by atoms with Crippen LogP contribution in [0.5, 0.6) is 0 Å². The molecule has 0 aliphatic carbocycles. The van der Waals surface area contributed by atoms with Crippen molar-refractivity contribution in [3.05, 3.63) is 65.7 Å². The highest BCUT2D eigenvalue weighted by Crippen LogP contribution is 2.27. The molecular formula is C21H23N3O4S. The van der Waals surface area contributed by atoms with Gasteiger partial charge in [0.15, 0.2) is 5.84 Å². The standard InChI is InChI=1S/C21H23N3O4S/c1-16(28-21(25)17-7-3-2-4-8-17)15-23-11-13-24(14-12-23)20-18-9-5-6-10-19(18)29(26,27)22-20/h2-10,16H,11-15H2,1H3. The molecule has 0 amide bonds. The maximum atomic E-state index is 12.3. The molecule has 2 aromatic rings. The van der Waals surface area contributed by atoms with Crippen molar-refractivity contribution < 1.29 is 17.9 Å². The normalized spacial score (nSPS) is 19.3. The molecule has 152 valence electrons. The van der Waals surface area contributed by atoms with Crippen molar-refractivity contribution in [1.29, 1.82) is 0 Å². The van der Waals surface area contributed by atoms with Crippen molar-refractivity contribution in [3.63, 3.8) is 0 Å². The molecule has 2 aliphatic rings. The molecule has 0 bridgehead atoms.